The largest absolute Gasteiger partial charge is 0.228 e. The van der Waals surface area contributed by atoms with Gasteiger partial charge >= 0.3 is 0 Å². The SMILES string of the molecule is CC1(C)c2cc3ccccc3cc2-c2c(-c3ccc(-c4c(-c5ccc(-c6cc(-c7ccccc7-c7ccccc7)nc(-c7ccccc7)n6)cc5)ccc5ccccc45)cc3)cccc21. The van der Waals surface area contributed by atoms with E-state index in [1.807, 2.05) is 18.2 Å². The number of rotatable bonds is 7. The highest BCUT2D eigenvalue weighted by atomic mass is 14.9. The third kappa shape index (κ3) is 6.65. The van der Waals surface area contributed by atoms with Crippen LogP contribution in [-0.2, 0) is 5.41 Å². The maximum absolute atomic E-state index is 5.19. The van der Waals surface area contributed by atoms with Gasteiger partial charge in [0.2, 0.25) is 0 Å². The zero-order valence-electron chi connectivity index (χ0n) is 36.3. The lowest BCUT2D eigenvalue weighted by atomic mass is 9.81. The van der Waals surface area contributed by atoms with Gasteiger partial charge in [0.05, 0.1) is 11.4 Å². The molecule has 306 valence electrons. The maximum atomic E-state index is 5.19. The molecule has 0 saturated heterocycles. The summed E-state index contributed by atoms with van der Waals surface area (Å²) in [6, 6.07) is 83.3. The Labute approximate surface area is 380 Å². The minimum atomic E-state index is -0.0915. The Morgan fingerprint density at radius 1 is 0.292 bits per heavy atom. The number of aromatic nitrogens is 2. The Kier molecular flexibility index (Phi) is 9.21. The molecule has 0 unspecified atom stereocenters. The minimum absolute atomic E-state index is 0.0915. The third-order valence-corrected chi connectivity index (χ3v) is 13.5. The highest BCUT2D eigenvalue weighted by Gasteiger charge is 2.37. The quantitative estimate of drug-likeness (QED) is 0.160. The summed E-state index contributed by atoms with van der Waals surface area (Å²) in [5, 5.41) is 5.02. The van der Waals surface area contributed by atoms with E-state index in [0.717, 1.165) is 44.8 Å². The van der Waals surface area contributed by atoms with Crippen molar-refractivity contribution in [1.82, 2.24) is 9.97 Å². The molecule has 11 aromatic rings. The average molecular weight is 829 g/mol. The Bertz CT molecular complexity index is 3590. The molecule has 1 aromatic heterocycles. The van der Waals surface area contributed by atoms with Gasteiger partial charge in [-0.2, -0.15) is 0 Å². The molecule has 0 saturated carbocycles. The van der Waals surface area contributed by atoms with Crippen LogP contribution in [0.4, 0.5) is 0 Å². The molecule has 1 aliphatic carbocycles. The first-order valence-electron chi connectivity index (χ1n) is 22.5. The van der Waals surface area contributed by atoms with E-state index in [1.165, 1.54) is 71.6 Å². The summed E-state index contributed by atoms with van der Waals surface area (Å²) in [5.41, 5.74) is 19.8. The second-order valence-corrected chi connectivity index (χ2v) is 17.7. The Morgan fingerprint density at radius 2 is 0.815 bits per heavy atom. The molecule has 2 nitrogen and oxygen atoms in total. The van der Waals surface area contributed by atoms with E-state index in [-0.39, 0.29) is 5.41 Å². The van der Waals surface area contributed by atoms with Crippen molar-refractivity contribution >= 4 is 21.5 Å². The van der Waals surface area contributed by atoms with E-state index in [1.54, 1.807) is 0 Å². The van der Waals surface area contributed by atoms with Crippen LogP contribution in [0, 0.1) is 0 Å². The van der Waals surface area contributed by atoms with Crippen molar-refractivity contribution in [2.75, 3.05) is 0 Å². The lowest BCUT2D eigenvalue weighted by molar-refractivity contribution is 0.661. The highest BCUT2D eigenvalue weighted by molar-refractivity contribution is 6.05. The fourth-order valence-electron chi connectivity index (χ4n) is 10.2. The first-order chi connectivity index (χ1) is 32.0. The monoisotopic (exact) mass is 828 g/mol. The lowest BCUT2D eigenvalue weighted by Crippen LogP contribution is -2.14. The third-order valence-electron chi connectivity index (χ3n) is 13.5. The zero-order chi connectivity index (χ0) is 43.5. The van der Waals surface area contributed by atoms with Crippen LogP contribution in [0.1, 0.15) is 25.0 Å². The molecule has 2 heteroatoms. The van der Waals surface area contributed by atoms with Gasteiger partial charge in [-0.15, -0.1) is 0 Å². The summed E-state index contributed by atoms with van der Waals surface area (Å²) >= 11 is 0. The molecule has 0 fully saturated rings. The molecule has 1 heterocycles. The second-order valence-electron chi connectivity index (χ2n) is 17.7. The second kappa shape index (κ2) is 15.6. The molecule has 0 spiro atoms. The van der Waals surface area contributed by atoms with Gasteiger partial charge in [0.15, 0.2) is 5.82 Å². The van der Waals surface area contributed by atoms with E-state index in [0.29, 0.717) is 5.82 Å². The summed E-state index contributed by atoms with van der Waals surface area (Å²) in [7, 11) is 0. The normalized spacial score (nSPS) is 12.6. The van der Waals surface area contributed by atoms with E-state index >= 15 is 0 Å². The Hall–Kier alpha value is -8.20. The first-order valence-corrected chi connectivity index (χ1v) is 22.5. The topological polar surface area (TPSA) is 25.8 Å². The standard InChI is InChI=1S/C63H44N2/c1-63(2)56-27-15-26-52(61(56)55-38-48-21-9-10-22-49(48)39-57(55)63)43-30-34-46(35-31-43)60-51-24-12-11-18-42(51)36-37-53(60)44-28-32-45(33-29-44)58-40-59(65-62(64-58)47-19-7-4-8-20-47)54-25-14-13-23-50(54)41-16-5-3-6-17-41/h3-40H,1-2H3. The minimum Gasteiger partial charge on any atom is -0.228 e. The van der Waals surface area contributed by atoms with Crippen LogP contribution in [-0.4, -0.2) is 9.97 Å². The molecular formula is C63H44N2. The summed E-state index contributed by atoms with van der Waals surface area (Å²) in [4.78, 5) is 10.4. The number of nitrogens with zero attached hydrogens (tertiary/aromatic N) is 2. The van der Waals surface area contributed by atoms with Crippen molar-refractivity contribution in [2.45, 2.75) is 19.3 Å². The molecule has 0 aliphatic heterocycles. The van der Waals surface area contributed by atoms with Gasteiger partial charge in [-0.25, -0.2) is 9.97 Å². The van der Waals surface area contributed by atoms with Gasteiger partial charge < -0.3 is 0 Å². The van der Waals surface area contributed by atoms with Gasteiger partial charge in [-0.1, -0.05) is 226 Å². The molecule has 0 radical (unpaired) electrons. The van der Waals surface area contributed by atoms with E-state index in [9.17, 15) is 0 Å². The van der Waals surface area contributed by atoms with Crippen molar-refractivity contribution in [3.63, 3.8) is 0 Å². The van der Waals surface area contributed by atoms with Crippen molar-refractivity contribution in [2.24, 2.45) is 0 Å². The predicted octanol–water partition coefficient (Wildman–Crippen LogP) is 16.8. The highest BCUT2D eigenvalue weighted by Crippen LogP contribution is 2.53. The zero-order valence-corrected chi connectivity index (χ0v) is 36.3. The van der Waals surface area contributed by atoms with Gasteiger partial charge in [0.25, 0.3) is 0 Å². The predicted molar refractivity (Wildman–Crippen MR) is 273 cm³/mol. The summed E-state index contributed by atoms with van der Waals surface area (Å²) in [6.07, 6.45) is 0. The number of benzene rings is 10. The lowest BCUT2D eigenvalue weighted by Gasteiger charge is -2.22. The van der Waals surface area contributed by atoms with Crippen LogP contribution < -0.4 is 0 Å². The molecule has 1 aliphatic rings. The van der Waals surface area contributed by atoms with Crippen molar-refractivity contribution in [3.8, 4) is 89.5 Å². The van der Waals surface area contributed by atoms with Gasteiger partial charge in [-0.05, 0) is 107 Å². The number of fused-ring (bicyclic) bond motifs is 5. The van der Waals surface area contributed by atoms with Crippen LogP contribution in [0.5, 0.6) is 0 Å². The molecule has 0 bridgehead atoms. The van der Waals surface area contributed by atoms with Gasteiger partial charge in [0, 0.05) is 22.1 Å². The number of hydrogen-bond acceptors (Lipinski definition) is 2. The summed E-state index contributed by atoms with van der Waals surface area (Å²) in [5.74, 6) is 0.701. The van der Waals surface area contributed by atoms with Crippen LogP contribution in [0.2, 0.25) is 0 Å². The average Bonchev–Trinajstić information content (AvgIpc) is 3.60. The van der Waals surface area contributed by atoms with E-state index in [4.69, 9.17) is 9.97 Å². The molecule has 65 heavy (non-hydrogen) atoms. The Balaban J connectivity index is 0.942. The van der Waals surface area contributed by atoms with E-state index in [2.05, 4.69) is 226 Å². The molecule has 10 aromatic carbocycles. The van der Waals surface area contributed by atoms with Crippen molar-refractivity contribution < 1.29 is 0 Å². The smallest absolute Gasteiger partial charge is 0.160 e. The first kappa shape index (κ1) is 38.5. The van der Waals surface area contributed by atoms with Crippen molar-refractivity contribution in [3.05, 3.63) is 242 Å². The molecule has 0 atom stereocenters. The van der Waals surface area contributed by atoms with Gasteiger partial charge in [-0.3, -0.25) is 0 Å². The molecule has 0 amide bonds. The van der Waals surface area contributed by atoms with E-state index < -0.39 is 0 Å². The van der Waals surface area contributed by atoms with Gasteiger partial charge in [0.1, 0.15) is 0 Å². The van der Waals surface area contributed by atoms with Crippen molar-refractivity contribution in [1.29, 1.82) is 0 Å². The van der Waals surface area contributed by atoms with Crippen LogP contribution in [0.25, 0.3) is 111 Å². The molecule has 12 rings (SSSR count). The molecule has 0 N–H and O–H groups in total. The Morgan fingerprint density at radius 3 is 1.54 bits per heavy atom. The summed E-state index contributed by atoms with van der Waals surface area (Å²) < 4.78 is 0. The fourth-order valence-corrected chi connectivity index (χ4v) is 10.2. The van der Waals surface area contributed by atoms with Crippen LogP contribution in [0.3, 0.4) is 0 Å². The fraction of sp³-hybridized carbons (Fsp3) is 0.0476. The summed E-state index contributed by atoms with van der Waals surface area (Å²) in [6.45, 7) is 4.74. The van der Waals surface area contributed by atoms with Crippen LogP contribution in [0.15, 0.2) is 231 Å². The maximum Gasteiger partial charge on any atom is 0.160 e. The van der Waals surface area contributed by atoms with Crippen LogP contribution >= 0.6 is 0 Å². The molecular weight excluding hydrogens is 785 g/mol. The number of hydrogen-bond donors (Lipinski definition) is 0.